The van der Waals surface area contributed by atoms with Gasteiger partial charge in [0.15, 0.2) is 0 Å². The van der Waals surface area contributed by atoms with Gasteiger partial charge in [-0.1, -0.05) is 17.5 Å². The topological polar surface area (TPSA) is 84.0 Å². The number of hydrogen-bond donors (Lipinski definition) is 3. The smallest absolute Gasteiger partial charge is 0.0863 e. The molecule has 0 saturated carbocycles. The minimum absolute atomic E-state index is 0.500. The molecule has 0 heterocycles. The molecule has 0 unspecified atom stereocenters. The molecule has 0 amide bonds. The molecule has 0 rings (SSSR count). The van der Waals surface area contributed by atoms with Crippen molar-refractivity contribution in [2.45, 2.75) is 0 Å². The second-order valence-electron chi connectivity index (χ2n) is 0.447. The minimum Gasteiger partial charge on any atom is -0.0863 e. The molecular formula is H6N4+. The number of nitrogens with two attached hydrogens (primary N) is 3. The second-order valence-corrected chi connectivity index (χ2v) is 0.447. The zero-order valence-electron chi connectivity index (χ0n) is 2.18. The fraction of sp³-hybridized carbons (Fsp3) is 0. The van der Waals surface area contributed by atoms with Crippen LogP contribution in [0.2, 0.25) is 0 Å². The number of nitrogens with zero attached hydrogens (tertiary/aromatic N) is 1. The van der Waals surface area contributed by atoms with Crippen LogP contribution in [-0.2, 0) is 0 Å². The average Bonchev–Trinajstić information content (AvgIpc) is 0.811. The third kappa shape index (κ3) is 50.7. The molecule has 1 radical (unpaired) electrons. The largest absolute Gasteiger partial charge is 0.0943 e. The summed E-state index contributed by atoms with van der Waals surface area (Å²) in [7, 11) is 0. The van der Waals surface area contributed by atoms with E-state index in [1.165, 1.54) is 0 Å². The Labute approximate surface area is 24.1 Å². The van der Waals surface area contributed by atoms with Crippen molar-refractivity contribution in [2.24, 2.45) is 17.5 Å². The highest BCUT2D eigenvalue weighted by molar-refractivity contribution is 3.93. The van der Waals surface area contributed by atoms with Crippen molar-refractivity contribution >= 4 is 0 Å². The maximum atomic E-state index is 4.50. The SMILES string of the molecule is N[N+](N)N. The first-order chi connectivity index (χ1) is 1.73. The quantitative estimate of drug-likeness (QED) is 0.168. The van der Waals surface area contributed by atoms with Crippen LogP contribution >= 0.6 is 0 Å². The van der Waals surface area contributed by atoms with Crippen LogP contribution in [0.25, 0.3) is 0 Å². The van der Waals surface area contributed by atoms with E-state index in [9.17, 15) is 0 Å². The lowest BCUT2D eigenvalue weighted by atomic mass is 12.3. The lowest BCUT2D eigenvalue weighted by Gasteiger charge is -1.73. The van der Waals surface area contributed by atoms with E-state index in [1.807, 2.05) is 0 Å². The standard InChI is InChI=1S/H6N4/c1-4(2)3/h1-3H2/q+1. The molecular weight excluding hydrogens is 56.0 g/mol. The summed E-state index contributed by atoms with van der Waals surface area (Å²) in [5.74, 6) is 13.5. The molecule has 0 atom stereocenters. The van der Waals surface area contributed by atoms with Crippen LogP contribution in [0.1, 0.15) is 0 Å². The summed E-state index contributed by atoms with van der Waals surface area (Å²) in [5.41, 5.74) is 0. The van der Waals surface area contributed by atoms with Gasteiger partial charge < -0.3 is 0 Å². The van der Waals surface area contributed by atoms with Gasteiger partial charge in [-0.2, -0.15) is 0 Å². The van der Waals surface area contributed by atoms with Gasteiger partial charge in [-0.05, 0) is 0 Å². The zero-order chi connectivity index (χ0) is 3.58. The molecule has 0 aliphatic rings. The average molecular weight is 62.1 g/mol. The highest BCUT2D eigenvalue weighted by Crippen LogP contribution is 1.00. The normalized spacial score (nSPS) is 9.00. The van der Waals surface area contributed by atoms with Crippen molar-refractivity contribution < 1.29 is 0 Å². The predicted molar refractivity (Wildman–Crippen MR) is 14.7 cm³/mol. The van der Waals surface area contributed by atoms with E-state index in [0.29, 0.717) is 5.23 Å². The van der Waals surface area contributed by atoms with Gasteiger partial charge in [0.25, 0.3) is 0 Å². The summed E-state index contributed by atoms with van der Waals surface area (Å²) >= 11 is 0. The Hall–Kier alpha value is -0.160. The minimum atomic E-state index is 0.500. The van der Waals surface area contributed by atoms with Gasteiger partial charge in [0.1, 0.15) is 0 Å². The Morgan fingerprint density at radius 2 is 1.00 bits per heavy atom. The van der Waals surface area contributed by atoms with Crippen LogP contribution in [0.3, 0.4) is 0 Å². The summed E-state index contributed by atoms with van der Waals surface area (Å²) in [6, 6.07) is 0. The lowest BCUT2D eigenvalue weighted by molar-refractivity contribution is 0.466. The highest BCUT2D eigenvalue weighted by Gasteiger charge is 1.74. The number of rotatable bonds is 0. The molecule has 0 bridgehead atoms. The van der Waals surface area contributed by atoms with Crippen molar-refractivity contribution in [1.29, 1.82) is 0 Å². The number of hydrogen-bond acceptors (Lipinski definition) is 4. The first-order valence-electron chi connectivity index (χ1n) is 0.775. The maximum absolute atomic E-state index is 4.50. The Balaban J connectivity index is 2.32. The molecule has 4 heavy (non-hydrogen) atoms. The molecule has 0 aromatic heterocycles. The molecule has 25 valence electrons. The fourth-order valence-corrected chi connectivity index (χ4v) is 0. The first kappa shape index (κ1) is 3.84. The van der Waals surface area contributed by atoms with E-state index in [-0.39, 0.29) is 0 Å². The van der Waals surface area contributed by atoms with Gasteiger partial charge in [-0.25, -0.2) is 0 Å². The molecule has 0 spiro atoms. The van der Waals surface area contributed by atoms with Gasteiger partial charge in [0.2, 0.25) is 0 Å². The molecule has 0 aromatic rings. The predicted octanol–water partition coefficient (Wildman–Crippen LogP) is -2.25. The van der Waals surface area contributed by atoms with Gasteiger partial charge in [-0.3, -0.25) is 0 Å². The molecule has 4 heteroatoms. The van der Waals surface area contributed by atoms with Crippen molar-refractivity contribution in [2.75, 3.05) is 0 Å². The zero-order valence-corrected chi connectivity index (χ0v) is 2.18. The monoisotopic (exact) mass is 62.1 g/mol. The first-order valence-corrected chi connectivity index (χ1v) is 0.775. The van der Waals surface area contributed by atoms with Gasteiger partial charge in [-0.15, -0.1) is 0 Å². The van der Waals surface area contributed by atoms with Gasteiger partial charge in [0.05, 0.1) is 5.23 Å². The van der Waals surface area contributed by atoms with Crippen molar-refractivity contribution in [1.82, 2.24) is 5.23 Å². The van der Waals surface area contributed by atoms with Gasteiger partial charge in [0, 0.05) is 0 Å². The lowest BCUT2D eigenvalue weighted by Crippen LogP contribution is -2.50. The van der Waals surface area contributed by atoms with Crippen LogP contribution in [0.15, 0.2) is 0 Å². The highest BCUT2D eigenvalue weighted by atomic mass is 15.7. The second kappa shape index (κ2) is 1.19. The molecule has 0 aliphatic heterocycles. The van der Waals surface area contributed by atoms with Gasteiger partial charge >= 0.3 is 0 Å². The van der Waals surface area contributed by atoms with Crippen LogP contribution in [0, 0.1) is 0 Å². The Morgan fingerprint density at radius 3 is 1.00 bits per heavy atom. The molecule has 0 saturated heterocycles. The van der Waals surface area contributed by atoms with E-state index >= 15 is 0 Å². The Bertz CT molecular complexity index is 4.75. The van der Waals surface area contributed by atoms with E-state index in [1.54, 1.807) is 0 Å². The van der Waals surface area contributed by atoms with E-state index in [2.05, 4.69) is 17.5 Å². The van der Waals surface area contributed by atoms with Crippen LogP contribution in [-0.4, -0.2) is 0 Å². The Morgan fingerprint density at radius 1 is 1.00 bits per heavy atom. The van der Waals surface area contributed by atoms with Crippen LogP contribution < -0.4 is 22.8 Å². The van der Waals surface area contributed by atoms with E-state index in [4.69, 9.17) is 0 Å². The Kier molecular flexibility index (Phi) is 1.14. The third-order valence-electron chi connectivity index (χ3n) is 0. The molecule has 0 fully saturated rings. The van der Waals surface area contributed by atoms with Crippen molar-refractivity contribution in [3.05, 3.63) is 0 Å². The maximum Gasteiger partial charge on any atom is 0.0943 e. The number of hydrazine groups is 3. The van der Waals surface area contributed by atoms with E-state index < -0.39 is 0 Å². The van der Waals surface area contributed by atoms with Crippen LogP contribution in [0.4, 0.5) is 0 Å². The summed E-state index contributed by atoms with van der Waals surface area (Å²) in [4.78, 5) is 0. The van der Waals surface area contributed by atoms with Crippen LogP contribution in [0.5, 0.6) is 0 Å². The summed E-state index contributed by atoms with van der Waals surface area (Å²) in [6.07, 6.45) is 0. The summed E-state index contributed by atoms with van der Waals surface area (Å²) < 4.78 is 0. The molecule has 0 aliphatic carbocycles. The van der Waals surface area contributed by atoms with Crippen molar-refractivity contribution in [3.63, 3.8) is 0 Å². The molecule has 0 aromatic carbocycles. The van der Waals surface area contributed by atoms with E-state index in [0.717, 1.165) is 0 Å². The summed E-state index contributed by atoms with van der Waals surface area (Å²) in [5, 5.41) is 0.500. The molecule has 6 N–H and O–H groups in total. The van der Waals surface area contributed by atoms with Crippen molar-refractivity contribution in [3.8, 4) is 0 Å². The summed E-state index contributed by atoms with van der Waals surface area (Å²) in [6.45, 7) is 0. The third-order valence-corrected chi connectivity index (χ3v) is 0. The fourth-order valence-electron chi connectivity index (χ4n) is 0. The molecule has 4 nitrogen and oxygen atoms in total.